The smallest absolute Gasteiger partial charge is 0.302 e. The fraction of sp³-hybridized carbons (Fsp3) is 0.524. The van der Waals surface area contributed by atoms with Crippen molar-refractivity contribution in [1.82, 2.24) is 0 Å². The first-order valence-electron chi connectivity index (χ1n) is 9.28. The Morgan fingerprint density at radius 3 is 2.61 bits per heavy atom. The van der Waals surface area contributed by atoms with Gasteiger partial charge in [0.25, 0.3) is 0 Å². The number of esters is 2. The van der Waals surface area contributed by atoms with E-state index in [1.807, 2.05) is 19.1 Å². The van der Waals surface area contributed by atoms with Crippen LogP contribution >= 0.6 is 0 Å². The molecule has 154 valence electrons. The van der Waals surface area contributed by atoms with Crippen LogP contribution in [0.5, 0.6) is 5.75 Å². The van der Waals surface area contributed by atoms with Gasteiger partial charge in [-0.1, -0.05) is 12.1 Å². The first kappa shape index (κ1) is 21.9. The number of phenolic OH excluding ortho intramolecular Hbond substituents is 1. The number of hydrogen-bond acceptors (Lipinski definition) is 7. The highest BCUT2D eigenvalue weighted by Crippen LogP contribution is 2.41. The number of fused-ring (bicyclic) bond motifs is 1. The number of allylic oxidation sites excluding steroid dienone is 1. The molecule has 1 aromatic carbocycles. The summed E-state index contributed by atoms with van der Waals surface area (Å²) in [5, 5.41) is 20.1. The maximum absolute atomic E-state index is 11.3. The zero-order valence-corrected chi connectivity index (χ0v) is 16.7. The molecule has 0 radical (unpaired) electrons. The third kappa shape index (κ3) is 5.81. The summed E-state index contributed by atoms with van der Waals surface area (Å²) in [6.07, 6.45) is 0.869. The van der Waals surface area contributed by atoms with Crippen LogP contribution in [0.4, 0.5) is 0 Å². The van der Waals surface area contributed by atoms with E-state index in [4.69, 9.17) is 14.2 Å². The van der Waals surface area contributed by atoms with Crippen LogP contribution in [0.1, 0.15) is 56.9 Å². The molecule has 7 nitrogen and oxygen atoms in total. The van der Waals surface area contributed by atoms with E-state index < -0.39 is 24.3 Å². The van der Waals surface area contributed by atoms with Crippen LogP contribution in [0.15, 0.2) is 23.8 Å². The molecule has 0 saturated heterocycles. The molecule has 1 heterocycles. The van der Waals surface area contributed by atoms with Crippen molar-refractivity contribution in [1.29, 1.82) is 0 Å². The van der Waals surface area contributed by atoms with Gasteiger partial charge in [0, 0.05) is 25.8 Å². The van der Waals surface area contributed by atoms with Crippen molar-refractivity contribution in [2.24, 2.45) is 0 Å². The van der Waals surface area contributed by atoms with Gasteiger partial charge in [-0.25, -0.2) is 0 Å². The minimum absolute atomic E-state index is 0.156. The Hall–Kier alpha value is -2.38. The third-order valence-electron chi connectivity index (χ3n) is 4.65. The standard InChI is InChI=1S/C21H28O7/c1-12(10-26-14(3)23)5-6-16-7-8-18(25)17-11-27-20(21(16)17)9-19(13(2)22)28-15(4)24/h5,7-8,13,19-20,22,25H,6,9-11H2,1-4H3/t13-,19?,20+/m0/s1. The molecule has 0 amide bonds. The fourth-order valence-corrected chi connectivity index (χ4v) is 3.21. The zero-order chi connectivity index (χ0) is 20.8. The normalized spacial score (nSPS) is 18.3. The number of aromatic hydroxyl groups is 1. The Labute approximate surface area is 164 Å². The van der Waals surface area contributed by atoms with Gasteiger partial charge >= 0.3 is 11.9 Å². The van der Waals surface area contributed by atoms with E-state index in [9.17, 15) is 19.8 Å². The molecule has 7 heteroatoms. The lowest BCUT2D eigenvalue weighted by atomic mass is 9.92. The Balaban J connectivity index is 2.22. The van der Waals surface area contributed by atoms with Gasteiger partial charge in [-0.05, 0) is 43.0 Å². The van der Waals surface area contributed by atoms with E-state index in [0.29, 0.717) is 12.0 Å². The Morgan fingerprint density at radius 2 is 2.00 bits per heavy atom. The third-order valence-corrected chi connectivity index (χ3v) is 4.65. The second kappa shape index (κ2) is 9.71. The van der Waals surface area contributed by atoms with E-state index in [2.05, 4.69) is 0 Å². The van der Waals surface area contributed by atoms with Crippen LogP contribution in [0.2, 0.25) is 0 Å². The summed E-state index contributed by atoms with van der Waals surface area (Å²) in [4.78, 5) is 22.3. The Morgan fingerprint density at radius 1 is 1.29 bits per heavy atom. The fourth-order valence-electron chi connectivity index (χ4n) is 3.21. The highest BCUT2D eigenvalue weighted by Gasteiger charge is 2.33. The molecule has 28 heavy (non-hydrogen) atoms. The van der Waals surface area contributed by atoms with Gasteiger partial charge in [0.1, 0.15) is 18.5 Å². The number of hydrogen-bond donors (Lipinski definition) is 2. The molecule has 1 aliphatic rings. The highest BCUT2D eigenvalue weighted by molar-refractivity contribution is 5.66. The summed E-state index contributed by atoms with van der Waals surface area (Å²) >= 11 is 0. The molecule has 1 aromatic rings. The monoisotopic (exact) mass is 392 g/mol. The predicted octanol–water partition coefficient (Wildman–Crippen LogP) is 2.72. The second-order valence-corrected chi connectivity index (χ2v) is 7.09. The summed E-state index contributed by atoms with van der Waals surface area (Å²) in [5.74, 6) is -0.645. The summed E-state index contributed by atoms with van der Waals surface area (Å²) in [7, 11) is 0. The number of aliphatic hydroxyl groups excluding tert-OH is 1. The largest absolute Gasteiger partial charge is 0.508 e. The van der Waals surface area contributed by atoms with Gasteiger partial charge in [0.2, 0.25) is 0 Å². The summed E-state index contributed by atoms with van der Waals surface area (Å²) in [6, 6.07) is 3.46. The van der Waals surface area contributed by atoms with E-state index in [-0.39, 0.29) is 31.4 Å². The second-order valence-electron chi connectivity index (χ2n) is 7.09. The number of rotatable bonds is 8. The first-order chi connectivity index (χ1) is 13.2. The van der Waals surface area contributed by atoms with Crippen molar-refractivity contribution in [3.63, 3.8) is 0 Å². The molecule has 0 aromatic heterocycles. The van der Waals surface area contributed by atoms with E-state index >= 15 is 0 Å². The predicted molar refractivity (Wildman–Crippen MR) is 102 cm³/mol. The average molecular weight is 392 g/mol. The SMILES string of the molecule is CC(=O)OCC(C)=CCc1ccc(O)c2c1[C@@H](CC(OC(C)=O)[C@H](C)O)OC2. The molecule has 2 rings (SSSR count). The first-order valence-corrected chi connectivity index (χ1v) is 9.28. The van der Waals surface area contributed by atoms with Gasteiger partial charge in [0.05, 0.1) is 18.8 Å². The van der Waals surface area contributed by atoms with Gasteiger partial charge in [-0.15, -0.1) is 0 Å². The van der Waals surface area contributed by atoms with Gasteiger partial charge in [-0.2, -0.15) is 0 Å². The van der Waals surface area contributed by atoms with Crippen LogP contribution in [-0.4, -0.2) is 41.0 Å². The number of phenols is 1. The van der Waals surface area contributed by atoms with Crippen LogP contribution in [0.3, 0.4) is 0 Å². The van der Waals surface area contributed by atoms with E-state index in [1.54, 1.807) is 13.0 Å². The molecule has 0 saturated carbocycles. The van der Waals surface area contributed by atoms with Crippen LogP contribution in [0.25, 0.3) is 0 Å². The molecular weight excluding hydrogens is 364 g/mol. The molecule has 0 spiro atoms. The lowest BCUT2D eigenvalue weighted by molar-refractivity contribution is -0.154. The van der Waals surface area contributed by atoms with Crippen molar-refractivity contribution in [2.75, 3.05) is 6.61 Å². The van der Waals surface area contributed by atoms with Gasteiger partial charge in [0.15, 0.2) is 0 Å². The van der Waals surface area contributed by atoms with Crippen molar-refractivity contribution < 1.29 is 34.0 Å². The number of carbonyl (C=O) groups is 2. The minimum Gasteiger partial charge on any atom is -0.508 e. The van der Waals surface area contributed by atoms with Crippen LogP contribution in [0, 0.1) is 0 Å². The van der Waals surface area contributed by atoms with Gasteiger partial charge < -0.3 is 24.4 Å². The molecule has 2 N–H and O–H groups in total. The average Bonchev–Trinajstić information content (AvgIpc) is 3.03. The molecule has 0 bridgehead atoms. The van der Waals surface area contributed by atoms with E-state index in [1.165, 1.54) is 13.8 Å². The van der Waals surface area contributed by atoms with E-state index in [0.717, 1.165) is 16.7 Å². The molecule has 1 aliphatic heterocycles. The number of benzene rings is 1. The lowest BCUT2D eigenvalue weighted by Gasteiger charge is -2.24. The van der Waals surface area contributed by atoms with Crippen LogP contribution < -0.4 is 0 Å². The molecule has 3 atom stereocenters. The summed E-state index contributed by atoms with van der Waals surface area (Å²) in [5.41, 5.74) is 3.44. The van der Waals surface area contributed by atoms with Gasteiger partial charge in [-0.3, -0.25) is 9.59 Å². The number of ether oxygens (including phenoxy) is 3. The summed E-state index contributed by atoms with van der Waals surface area (Å²) < 4.78 is 16.1. The molecule has 0 fully saturated rings. The number of carbonyl (C=O) groups excluding carboxylic acids is 2. The molecule has 0 aliphatic carbocycles. The number of aliphatic hydroxyl groups is 1. The summed E-state index contributed by atoms with van der Waals surface area (Å²) in [6.45, 7) is 6.58. The van der Waals surface area contributed by atoms with Crippen molar-refractivity contribution in [3.8, 4) is 5.75 Å². The Kier molecular flexibility index (Phi) is 7.60. The van der Waals surface area contributed by atoms with Crippen molar-refractivity contribution >= 4 is 11.9 Å². The molecular formula is C21H28O7. The quantitative estimate of drug-likeness (QED) is 0.518. The molecule has 1 unspecified atom stereocenters. The van der Waals surface area contributed by atoms with Crippen molar-refractivity contribution in [3.05, 3.63) is 40.5 Å². The van der Waals surface area contributed by atoms with Crippen LogP contribution in [-0.2, 0) is 36.8 Å². The lowest BCUT2D eigenvalue weighted by Crippen LogP contribution is -2.30. The minimum atomic E-state index is -0.844. The van der Waals surface area contributed by atoms with Crippen molar-refractivity contribution in [2.45, 2.75) is 65.5 Å². The zero-order valence-electron chi connectivity index (χ0n) is 16.7. The maximum Gasteiger partial charge on any atom is 0.302 e. The maximum atomic E-state index is 11.3. The highest BCUT2D eigenvalue weighted by atomic mass is 16.6. The topological polar surface area (TPSA) is 102 Å². The Bertz CT molecular complexity index is 751.